The van der Waals surface area contributed by atoms with E-state index in [4.69, 9.17) is 0 Å². The van der Waals surface area contributed by atoms with Gasteiger partial charge >= 0.3 is 0 Å². The molecule has 1 fully saturated rings. The zero-order valence-electron chi connectivity index (χ0n) is 10.2. The molecule has 1 atom stereocenters. The van der Waals surface area contributed by atoms with Crippen molar-refractivity contribution in [3.05, 3.63) is 46.2 Å². The van der Waals surface area contributed by atoms with Gasteiger partial charge in [0.25, 0.3) is 0 Å². The summed E-state index contributed by atoms with van der Waals surface area (Å²) < 4.78 is 2.81. The van der Waals surface area contributed by atoms with Gasteiger partial charge in [-0.3, -0.25) is 0 Å². The third kappa shape index (κ3) is 2.22. The second-order valence-corrected chi connectivity index (χ2v) is 5.70. The highest BCUT2D eigenvalue weighted by molar-refractivity contribution is 9.10. The maximum absolute atomic E-state index is 9.60. The molecule has 1 aromatic carbocycles. The number of halogens is 1. The molecule has 18 heavy (non-hydrogen) atoms. The molecule has 0 spiro atoms. The van der Waals surface area contributed by atoms with E-state index < -0.39 is 6.10 Å². The number of aliphatic hydroxyl groups is 1. The largest absolute Gasteiger partial charge is 0.389 e. The molecule has 0 radical (unpaired) electrons. The topological polar surface area (TPSA) is 38.0 Å². The van der Waals surface area contributed by atoms with E-state index in [-0.39, 0.29) is 0 Å². The third-order valence-electron chi connectivity index (χ3n) is 3.30. The van der Waals surface area contributed by atoms with Crippen molar-refractivity contribution in [3.63, 3.8) is 0 Å². The first-order valence-electron chi connectivity index (χ1n) is 6.18. The van der Waals surface area contributed by atoms with Crippen LogP contribution >= 0.6 is 15.9 Å². The fourth-order valence-corrected chi connectivity index (χ4v) is 2.77. The Morgan fingerprint density at radius 1 is 1.39 bits per heavy atom. The quantitative estimate of drug-likeness (QED) is 0.941. The normalized spacial score (nSPS) is 16.8. The minimum Gasteiger partial charge on any atom is -0.389 e. The van der Waals surface area contributed by atoms with Gasteiger partial charge in [-0.15, -0.1) is 0 Å². The molecule has 0 unspecified atom stereocenters. The van der Waals surface area contributed by atoms with Crippen LogP contribution in [0, 0.1) is 0 Å². The summed E-state index contributed by atoms with van der Waals surface area (Å²) in [5.41, 5.74) is 3.09. The van der Waals surface area contributed by atoms with Crippen LogP contribution in [-0.4, -0.2) is 14.9 Å². The van der Waals surface area contributed by atoms with Crippen LogP contribution in [0.1, 0.15) is 43.0 Å². The van der Waals surface area contributed by atoms with Crippen LogP contribution < -0.4 is 0 Å². The minimum atomic E-state index is -0.465. The first kappa shape index (κ1) is 11.9. The molecule has 0 saturated heterocycles. The number of rotatable bonds is 3. The van der Waals surface area contributed by atoms with Gasteiger partial charge in [0.2, 0.25) is 0 Å². The van der Waals surface area contributed by atoms with Crippen LogP contribution in [-0.2, 0) is 0 Å². The summed E-state index contributed by atoms with van der Waals surface area (Å²) in [6.07, 6.45) is 4.06. The fourth-order valence-electron chi connectivity index (χ4n) is 2.08. The second-order valence-electron chi connectivity index (χ2n) is 4.84. The summed E-state index contributed by atoms with van der Waals surface area (Å²) in [5.74, 6) is 0.673. The number of hydrogen-bond acceptors (Lipinski definition) is 2. The van der Waals surface area contributed by atoms with Crippen molar-refractivity contribution in [3.8, 4) is 5.69 Å². The molecule has 1 aromatic heterocycles. The predicted molar refractivity (Wildman–Crippen MR) is 73.9 cm³/mol. The van der Waals surface area contributed by atoms with Gasteiger partial charge in [0, 0.05) is 16.6 Å². The van der Waals surface area contributed by atoms with E-state index in [0.717, 1.165) is 15.7 Å². The van der Waals surface area contributed by atoms with Crippen LogP contribution in [0.4, 0.5) is 0 Å². The van der Waals surface area contributed by atoms with Gasteiger partial charge in [0.15, 0.2) is 0 Å². The van der Waals surface area contributed by atoms with E-state index >= 15 is 0 Å². The van der Waals surface area contributed by atoms with Crippen molar-refractivity contribution in [2.45, 2.75) is 31.8 Å². The zero-order chi connectivity index (χ0) is 12.7. The summed E-state index contributed by atoms with van der Waals surface area (Å²) in [6, 6.07) is 8.00. The molecule has 1 N–H and O–H groups in total. The standard InChI is InChI=1S/C14H15BrN2O/c1-9(18)12-5-4-11(8-13(12)15)17-7-6-14(16-17)10-2-3-10/h4-10,18H,2-3H2,1H3/t9-/m0/s1. The van der Waals surface area contributed by atoms with E-state index in [1.54, 1.807) is 6.92 Å². The van der Waals surface area contributed by atoms with Crippen LogP contribution in [0.25, 0.3) is 5.69 Å². The van der Waals surface area contributed by atoms with E-state index in [2.05, 4.69) is 27.1 Å². The summed E-state index contributed by atoms with van der Waals surface area (Å²) in [7, 11) is 0. The molecule has 3 nitrogen and oxygen atoms in total. The first-order chi connectivity index (χ1) is 8.65. The highest BCUT2D eigenvalue weighted by Crippen LogP contribution is 2.39. The monoisotopic (exact) mass is 306 g/mol. The summed E-state index contributed by atoms with van der Waals surface area (Å²) in [5, 5.41) is 14.2. The number of benzene rings is 1. The lowest BCUT2D eigenvalue weighted by atomic mass is 10.1. The summed E-state index contributed by atoms with van der Waals surface area (Å²) in [4.78, 5) is 0. The van der Waals surface area contributed by atoms with E-state index in [1.165, 1.54) is 18.5 Å². The van der Waals surface area contributed by atoms with Crippen LogP contribution in [0.15, 0.2) is 34.9 Å². The van der Waals surface area contributed by atoms with Gasteiger partial charge < -0.3 is 5.11 Å². The lowest BCUT2D eigenvalue weighted by molar-refractivity contribution is 0.198. The Labute approximate surface area is 115 Å². The number of nitrogens with zero attached hydrogens (tertiary/aromatic N) is 2. The zero-order valence-corrected chi connectivity index (χ0v) is 11.8. The van der Waals surface area contributed by atoms with Crippen LogP contribution in [0.2, 0.25) is 0 Å². The van der Waals surface area contributed by atoms with E-state index in [1.807, 2.05) is 29.1 Å². The number of hydrogen-bond donors (Lipinski definition) is 1. The lowest BCUT2D eigenvalue weighted by Crippen LogP contribution is -1.98. The van der Waals surface area contributed by atoms with Crippen molar-refractivity contribution in [1.29, 1.82) is 0 Å². The average molecular weight is 307 g/mol. The maximum atomic E-state index is 9.60. The number of aromatic nitrogens is 2. The molecule has 0 aliphatic heterocycles. The van der Waals surface area contributed by atoms with Crippen LogP contribution in [0.5, 0.6) is 0 Å². The predicted octanol–water partition coefficient (Wildman–Crippen LogP) is 3.57. The lowest BCUT2D eigenvalue weighted by Gasteiger charge is -2.09. The van der Waals surface area contributed by atoms with Crippen LogP contribution in [0.3, 0.4) is 0 Å². The van der Waals surface area contributed by atoms with E-state index in [9.17, 15) is 5.11 Å². The van der Waals surface area contributed by atoms with Crippen molar-refractivity contribution >= 4 is 15.9 Å². The average Bonchev–Trinajstić information content (AvgIpc) is 3.06. The van der Waals surface area contributed by atoms with Crippen molar-refractivity contribution in [1.82, 2.24) is 9.78 Å². The Balaban J connectivity index is 1.93. The summed E-state index contributed by atoms with van der Waals surface area (Å²) >= 11 is 3.49. The molecule has 0 bridgehead atoms. The molecule has 94 valence electrons. The Morgan fingerprint density at radius 3 is 2.78 bits per heavy atom. The Bertz CT molecular complexity index is 573. The third-order valence-corrected chi connectivity index (χ3v) is 3.99. The molecule has 1 aliphatic rings. The smallest absolute Gasteiger partial charge is 0.0772 e. The second kappa shape index (κ2) is 4.52. The van der Waals surface area contributed by atoms with Gasteiger partial charge in [-0.2, -0.15) is 5.10 Å². The van der Waals surface area contributed by atoms with Gasteiger partial charge in [-0.25, -0.2) is 4.68 Å². The molecular formula is C14H15BrN2O. The molecule has 2 aromatic rings. The van der Waals surface area contributed by atoms with Crippen molar-refractivity contribution < 1.29 is 5.11 Å². The molecule has 1 heterocycles. The molecular weight excluding hydrogens is 292 g/mol. The molecule has 4 heteroatoms. The number of aliphatic hydroxyl groups excluding tert-OH is 1. The Morgan fingerprint density at radius 2 is 2.17 bits per heavy atom. The molecule has 1 aliphatic carbocycles. The van der Waals surface area contributed by atoms with Gasteiger partial charge in [0.05, 0.1) is 17.5 Å². The minimum absolute atomic E-state index is 0.465. The van der Waals surface area contributed by atoms with Gasteiger partial charge in [-0.05, 0) is 43.5 Å². The highest BCUT2D eigenvalue weighted by atomic mass is 79.9. The fraction of sp³-hybridized carbons (Fsp3) is 0.357. The molecule has 0 amide bonds. The summed E-state index contributed by atoms with van der Waals surface area (Å²) in [6.45, 7) is 1.76. The molecule has 3 rings (SSSR count). The van der Waals surface area contributed by atoms with E-state index in [0.29, 0.717) is 5.92 Å². The highest BCUT2D eigenvalue weighted by Gasteiger charge is 2.25. The Kier molecular flexibility index (Phi) is 2.99. The Hall–Kier alpha value is -1.13. The molecule has 1 saturated carbocycles. The SMILES string of the molecule is C[C@H](O)c1ccc(-n2ccc(C3CC3)n2)cc1Br. The van der Waals surface area contributed by atoms with Gasteiger partial charge in [-0.1, -0.05) is 22.0 Å². The maximum Gasteiger partial charge on any atom is 0.0772 e. The van der Waals surface area contributed by atoms with Crippen molar-refractivity contribution in [2.24, 2.45) is 0 Å². The first-order valence-corrected chi connectivity index (χ1v) is 6.98. The van der Waals surface area contributed by atoms with Crippen molar-refractivity contribution in [2.75, 3.05) is 0 Å². The van der Waals surface area contributed by atoms with Gasteiger partial charge in [0.1, 0.15) is 0 Å².